The number of esters is 1. The highest BCUT2D eigenvalue weighted by atomic mass is 79.9. The predicted octanol–water partition coefficient (Wildman–Crippen LogP) is 6.60. The number of carbonyl (C=O) groups is 1. The summed E-state index contributed by atoms with van der Waals surface area (Å²) in [5.41, 5.74) is 1.64. The van der Waals surface area contributed by atoms with Gasteiger partial charge >= 0.3 is 5.97 Å². The Kier molecular flexibility index (Phi) is 7.94. The molecule has 4 aromatic rings. The van der Waals surface area contributed by atoms with Crippen LogP contribution in [0.15, 0.2) is 76.9 Å². The first-order chi connectivity index (χ1) is 18.6. The Morgan fingerprint density at radius 3 is 2.56 bits per heavy atom. The number of aromatic hydroxyl groups is 1. The Bertz CT molecular complexity index is 1840. The minimum atomic E-state index is -0.905. The largest absolute Gasteiger partial charge is 0.506 e. The van der Waals surface area contributed by atoms with Crippen LogP contribution >= 0.6 is 66.4 Å². The third-order valence-corrected chi connectivity index (χ3v) is 8.89. The Morgan fingerprint density at radius 2 is 1.90 bits per heavy atom. The van der Waals surface area contributed by atoms with E-state index in [0.717, 1.165) is 0 Å². The molecular weight excluding hydrogens is 695 g/mol. The lowest BCUT2D eigenvalue weighted by Gasteiger charge is -2.22. The number of hydrogen-bond acceptors (Lipinski definition) is 7. The van der Waals surface area contributed by atoms with Gasteiger partial charge in [0.15, 0.2) is 4.80 Å². The highest BCUT2D eigenvalue weighted by molar-refractivity contribution is 9.11. The number of carbonyl (C=O) groups excluding carboxylic acids is 1. The van der Waals surface area contributed by atoms with E-state index in [2.05, 4.69) is 36.9 Å². The summed E-state index contributed by atoms with van der Waals surface area (Å²) < 4.78 is 14.3. The van der Waals surface area contributed by atoms with Crippen molar-refractivity contribution in [3.8, 4) is 17.1 Å². The van der Waals surface area contributed by atoms with Crippen LogP contribution in [-0.4, -0.2) is 22.2 Å². The van der Waals surface area contributed by atoms with Crippen LogP contribution in [0.4, 0.5) is 0 Å². The van der Waals surface area contributed by atoms with Crippen molar-refractivity contribution in [1.82, 2.24) is 4.57 Å². The molecule has 0 bridgehead atoms. The molecule has 5 rings (SSSR count). The third kappa shape index (κ3) is 5.28. The predicted molar refractivity (Wildman–Crippen MR) is 158 cm³/mol. The van der Waals surface area contributed by atoms with Crippen molar-refractivity contribution in [1.29, 1.82) is 0 Å². The number of phenols is 1. The molecule has 3 heterocycles. The van der Waals surface area contributed by atoms with Crippen LogP contribution in [0, 0.1) is 0 Å². The lowest BCUT2D eigenvalue weighted by Crippen LogP contribution is -2.39. The molecule has 0 radical (unpaired) electrons. The zero-order valence-electron chi connectivity index (χ0n) is 20.3. The average Bonchev–Trinajstić information content (AvgIpc) is 3.48. The highest BCUT2D eigenvalue weighted by Gasteiger charge is 2.35. The van der Waals surface area contributed by atoms with E-state index in [0.29, 0.717) is 56.7 Å². The summed E-state index contributed by atoms with van der Waals surface area (Å²) in [6, 6.07) is 11.1. The zero-order chi connectivity index (χ0) is 28.0. The fraction of sp³-hybridized carbons (Fsp3) is 0.148. The first kappa shape index (κ1) is 27.9. The highest BCUT2D eigenvalue weighted by Crippen LogP contribution is 2.36. The molecule has 0 unspecified atom stereocenters. The molecule has 1 atom stereocenters. The summed E-state index contributed by atoms with van der Waals surface area (Å²) in [5, 5.41) is 10.8. The van der Waals surface area contributed by atoms with E-state index in [4.69, 9.17) is 32.4 Å². The van der Waals surface area contributed by atoms with Crippen LogP contribution in [0.5, 0.6) is 5.75 Å². The minimum Gasteiger partial charge on any atom is -0.506 e. The Labute approximate surface area is 252 Å². The van der Waals surface area contributed by atoms with E-state index in [9.17, 15) is 14.7 Å². The lowest BCUT2D eigenvalue weighted by molar-refractivity contribution is -0.139. The number of aromatic nitrogens is 1. The van der Waals surface area contributed by atoms with Crippen LogP contribution in [0.1, 0.15) is 31.2 Å². The fourth-order valence-electron chi connectivity index (χ4n) is 4.18. The van der Waals surface area contributed by atoms with Crippen LogP contribution in [0.3, 0.4) is 0 Å². The maximum Gasteiger partial charge on any atom is 0.338 e. The first-order valence-corrected chi connectivity index (χ1v) is 14.7. The van der Waals surface area contributed by atoms with Crippen molar-refractivity contribution in [3.63, 3.8) is 0 Å². The van der Waals surface area contributed by atoms with Crippen molar-refractivity contribution in [2.45, 2.75) is 19.9 Å². The van der Waals surface area contributed by atoms with Crippen LogP contribution < -0.4 is 14.9 Å². The molecule has 0 fully saturated rings. The molecule has 2 aromatic heterocycles. The van der Waals surface area contributed by atoms with Gasteiger partial charge in [0.05, 0.1) is 41.4 Å². The van der Waals surface area contributed by atoms with E-state index < -0.39 is 12.0 Å². The summed E-state index contributed by atoms with van der Waals surface area (Å²) >= 11 is 20.1. The SMILES string of the molecule is CCOC(=O)C1=C(C)N=c2s/c(=C\c3cc(Br)c(O)c(Br)c3)c(=O)n2[C@H]1c1ccc(-c2ccc(Cl)c(Cl)c2)o1. The van der Waals surface area contributed by atoms with E-state index >= 15 is 0 Å². The first-order valence-electron chi connectivity index (χ1n) is 11.5. The number of allylic oxidation sites excluding steroid dienone is 1. The molecule has 1 aliphatic heterocycles. The number of hydrogen-bond donors (Lipinski definition) is 1. The van der Waals surface area contributed by atoms with Gasteiger partial charge in [-0.3, -0.25) is 9.36 Å². The number of benzene rings is 2. The molecule has 39 heavy (non-hydrogen) atoms. The standard InChI is InChI=1S/C27H18Br2Cl2N2O5S/c1-3-37-26(36)22-12(2)32-27-33(25(35)21(39-27)10-13-8-15(28)24(34)16(29)9-13)23(22)20-7-6-19(38-20)14-4-5-17(30)18(31)11-14/h4-11,23,34H,3H2,1-2H3/b21-10-/t23-/m0/s1. The number of nitrogens with zero attached hydrogens (tertiary/aromatic N) is 2. The van der Waals surface area contributed by atoms with Crippen LogP contribution in [0.2, 0.25) is 10.0 Å². The van der Waals surface area contributed by atoms with Gasteiger partial charge < -0.3 is 14.3 Å². The van der Waals surface area contributed by atoms with Crippen molar-refractivity contribution in [3.05, 3.63) is 104 Å². The third-order valence-electron chi connectivity index (χ3n) is 5.95. The number of halogens is 4. The number of phenolic OH excluding ortho intramolecular Hbond substituents is 1. The molecule has 0 saturated heterocycles. The second kappa shape index (κ2) is 11.1. The molecule has 0 spiro atoms. The Morgan fingerprint density at radius 1 is 1.18 bits per heavy atom. The van der Waals surface area contributed by atoms with Gasteiger partial charge in [-0.1, -0.05) is 34.5 Å². The number of fused-ring (bicyclic) bond motifs is 1. The van der Waals surface area contributed by atoms with Gasteiger partial charge in [-0.2, -0.15) is 0 Å². The quantitative estimate of drug-likeness (QED) is 0.236. The molecule has 0 saturated carbocycles. The summed E-state index contributed by atoms with van der Waals surface area (Å²) in [7, 11) is 0. The molecule has 0 aliphatic carbocycles. The molecule has 200 valence electrons. The molecule has 12 heteroatoms. The summed E-state index contributed by atoms with van der Waals surface area (Å²) in [6.07, 6.45) is 1.70. The number of rotatable bonds is 5. The monoisotopic (exact) mass is 710 g/mol. The van der Waals surface area contributed by atoms with Crippen molar-refractivity contribution < 1.29 is 19.1 Å². The van der Waals surface area contributed by atoms with Crippen LogP contribution in [-0.2, 0) is 9.53 Å². The normalized spacial score (nSPS) is 15.3. The van der Waals surface area contributed by atoms with E-state index in [1.807, 2.05) is 0 Å². The molecule has 0 amide bonds. The zero-order valence-corrected chi connectivity index (χ0v) is 25.8. The van der Waals surface area contributed by atoms with Crippen molar-refractivity contribution >= 4 is 78.4 Å². The summed E-state index contributed by atoms with van der Waals surface area (Å²) in [5.74, 6) is 0.314. The average molecular weight is 713 g/mol. The summed E-state index contributed by atoms with van der Waals surface area (Å²) in [6.45, 7) is 3.57. The second-order valence-electron chi connectivity index (χ2n) is 8.47. The van der Waals surface area contributed by atoms with Gasteiger partial charge in [-0.25, -0.2) is 9.79 Å². The maximum atomic E-state index is 13.8. The van der Waals surface area contributed by atoms with Crippen LogP contribution in [0.25, 0.3) is 17.4 Å². The van der Waals surface area contributed by atoms with Gasteiger partial charge in [-0.15, -0.1) is 0 Å². The Hall–Kier alpha value is -2.63. The Balaban J connectivity index is 1.69. The lowest BCUT2D eigenvalue weighted by atomic mass is 10.0. The number of furan rings is 1. The van der Waals surface area contributed by atoms with Gasteiger partial charge in [0.2, 0.25) is 0 Å². The number of thiazole rings is 1. The maximum absolute atomic E-state index is 13.8. The van der Waals surface area contributed by atoms with E-state index in [1.54, 1.807) is 62.4 Å². The second-order valence-corrected chi connectivity index (χ2v) is 12.0. The van der Waals surface area contributed by atoms with Gasteiger partial charge in [0.25, 0.3) is 5.56 Å². The summed E-state index contributed by atoms with van der Waals surface area (Å²) in [4.78, 5) is 31.9. The van der Waals surface area contributed by atoms with Gasteiger partial charge in [0, 0.05) is 5.56 Å². The van der Waals surface area contributed by atoms with E-state index in [-0.39, 0.29) is 23.5 Å². The van der Waals surface area contributed by atoms with Crippen molar-refractivity contribution in [2.75, 3.05) is 6.61 Å². The molecule has 7 nitrogen and oxygen atoms in total. The fourth-order valence-corrected chi connectivity index (χ4v) is 6.75. The van der Waals surface area contributed by atoms with Crippen molar-refractivity contribution in [2.24, 2.45) is 4.99 Å². The van der Waals surface area contributed by atoms with Gasteiger partial charge in [-0.05, 0) is 99.8 Å². The van der Waals surface area contributed by atoms with E-state index in [1.165, 1.54) is 15.9 Å². The smallest absolute Gasteiger partial charge is 0.338 e. The topological polar surface area (TPSA) is 94.0 Å². The molecular formula is C27H18Br2Cl2N2O5S. The minimum absolute atomic E-state index is 0.0545. The molecule has 2 aromatic carbocycles. The number of ether oxygens (including phenoxy) is 1. The molecule has 1 aliphatic rings. The molecule has 1 N–H and O–H groups in total. The van der Waals surface area contributed by atoms with Gasteiger partial charge in [0.1, 0.15) is 23.3 Å².